The summed E-state index contributed by atoms with van der Waals surface area (Å²) >= 11 is 1.35. The van der Waals surface area contributed by atoms with Crippen molar-refractivity contribution in [1.29, 1.82) is 0 Å². The van der Waals surface area contributed by atoms with Gasteiger partial charge in [-0.2, -0.15) is 0 Å². The molecule has 1 unspecified atom stereocenters. The lowest BCUT2D eigenvalue weighted by atomic mass is 9.96. The summed E-state index contributed by atoms with van der Waals surface area (Å²) in [5.41, 5.74) is 0.232. The van der Waals surface area contributed by atoms with E-state index in [-0.39, 0.29) is 43.0 Å². The van der Waals surface area contributed by atoms with Gasteiger partial charge in [0, 0.05) is 17.3 Å². The van der Waals surface area contributed by atoms with Crippen LogP contribution in [0.5, 0.6) is 0 Å². The summed E-state index contributed by atoms with van der Waals surface area (Å²) in [5, 5.41) is 11.5. The number of thiazole rings is 1. The Balaban J connectivity index is 0.00000288. The number of nitrogens with one attached hydrogen (secondary N) is 3. The van der Waals surface area contributed by atoms with Crippen LogP contribution in [0.1, 0.15) is 39.3 Å². The smallest absolute Gasteiger partial charge is 0.231 e. The quantitative estimate of drug-likeness (QED) is 0.696. The number of hydrogen-bond donors (Lipinski definition) is 3. The molecule has 1 fully saturated rings. The van der Waals surface area contributed by atoms with Gasteiger partial charge in [0.25, 0.3) is 0 Å². The minimum Gasteiger partial charge on any atom is -0.355 e. The van der Waals surface area contributed by atoms with Crippen molar-refractivity contribution >= 4 is 53.1 Å². The average molecular weight is 411 g/mol. The molecule has 2 amide bonds. The van der Waals surface area contributed by atoms with Crippen LogP contribution in [-0.4, -0.2) is 36.4 Å². The zero-order valence-corrected chi connectivity index (χ0v) is 17.3. The van der Waals surface area contributed by atoms with Gasteiger partial charge >= 0.3 is 0 Å². The molecule has 0 aromatic carbocycles. The van der Waals surface area contributed by atoms with Crippen molar-refractivity contribution in [3.63, 3.8) is 0 Å². The lowest BCUT2D eigenvalue weighted by molar-refractivity contribution is -0.123. The summed E-state index contributed by atoms with van der Waals surface area (Å²) in [6.45, 7) is 8.31. The van der Waals surface area contributed by atoms with Crippen molar-refractivity contribution in [3.8, 4) is 0 Å². The van der Waals surface area contributed by atoms with E-state index in [1.54, 1.807) is 0 Å². The highest BCUT2D eigenvalue weighted by Crippen LogP contribution is 2.20. The van der Waals surface area contributed by atoms with Crippen LogP contribution in [0.2, 0.25) is 0 Å². The fourth-order valence-corrected chi connectivity index (χ4v) is 3.02. The Labute approximate surface area is 165 Å². The first-order valence-corrected chi connectivity index (χ1v) is 8.96. The summed E-state index contributed by atoms with van der Waals surface area (Å²) < 4.78 is 0. The number of piperidine rings is 1. The van der Waals surface area contributed by atoms with Crippen molar-refractivity contribution in [3.05, 3.63) is 11.1 Å². The summed E-state index contributed by atoms with van der Waals surface area (Å²) in [6.07, 6.45) is 2.58. The number of aromatic nitrogens is 1. The highest BCUT2D eigenvalue weighted by Gasteiger charge is 2.22. The number of amides is 2. The van der Waals surface area contributed by atoms with Gasteiger partial charge in [-0.25, -0.2) is 4.98 Å². The monoisotopic (exact) mass is 410 g/mol. The molecule has 1 saturated heterocycles. The molecule has 2 rings (SSSR count). The topological polar surface area (TPSA) is 83.1 Å². The van der Waals surface area contributed by atoms with Gasteiger partial charge in [-0.05, 0) is 31.8 Å². The third-order valence-corrected chi connectivity index (χ3v) is 4.59. The molecule has 1 aliphatic rings. The number of carbonyl (C=O) groups is 2. The molecule has 6 nitrogen and oxygen atoms in total. The zero-order valence-electron chi connectivity index (χ0n) is 14.9. The minimum absolute atomic E-state index is 0. The Morgan fingerprint density at radius 2 is 2.08 bits per heavy atom. The summed E-state index contributed by atoms with van der Waals surface area (Å²) in [4.78, 5) is 28.2. The Morgan fingerprint density at radius 3 is 2.68 bits per heavy atom. The van der Waals surface area contributed by atoms with E-state index in [0.29, 0.717) is 23.3 Å². The largest absolute Gasteiger partial charge is 0.355 e. The molecule has 1 aromatic rings. The lowest BCUT2D eigenvalue weighted by Gasteiger charge is -2.22. The van der Waals surface area contributed by atoms with E-state index >= 15 is 0 Å². The number of anilines is 1. The number of hydrogen-bond acceptors (Lipinski definition) is 5. The van der Waals surface area contributed by atoms with Crippen LogP contribution in [0, 0.1) is 11.3 Å². The molecular weight excluding hydrogens is 383 g/mol. The van der Waals surface area contributed by atoms with Crippen LogP contribution >= 0.6 is 36.2 Å². The van der Waals surface area contributed by atoms with Crippen LogP contribution in [0.4, 0.5) is 5.13 Å². The molecule has 3 N–H and O–H groups in total. The fourth-order valence-electron chi connectivity index (χ4n) is 2.31. The van der Waals surface area contributed by atoms with Gasteiger partial charge in [-0.1, -0.05) is 20.8 Å². The van der Waals surface area contributed by atoms with Crippen molar-refractivity contribution in [2.24, 2.45) is 11.3 Å². The number of nitrogens with zero attached hydrogens (tertiary/aromatic N) is 1. The molecule has 0 aliphatic carbocycles. The van der Waals surface area contributed by atoms with Crippen LogP contribution in [-0.2, 0) is 16.0 Å². The Morgan fingerprint density at radius 1 is 1.36 bits per heavy atom. The van der Waals surface area contributed by atoms with E-state index in [9.17, 15) is 9.59 Å². The third-order valence-electron chi connectivity index (χ3n) is 3.78. The average Bonchev–Trinajstić information content (AvgIpc) is 2.92. The second-order valence-electron chi connectivity index (χ2n) is 7.04. The second kappa shape index (κ2) is 11.0. The standard InChI is InChI=1S/C16H26N4O2S.2ClH/c1-16(2,3)14(22)20-15-19-12(10-23-15)7-13(21)18-9-11-5-4-6-17-8-11;;/h10-11,17H,4-9H2,1-3H3,(H,18,21)(H,19,20,22);2*1H. The fraction of sp³-hybridized carbons (Fsp3) is 0.688. The molecule has 1 aromatic heterocycles. The van der Waals surface area contributed by atoms with Crippen LogP contribution in [0.25, 0.3) is 0 Å². The van der Waals surface area contributed by atoms with Gasteiger partial charge in [0.1, 0.15) is 0 Å². The van der Waals surface area contributed by atoms with Gasteiger partial charge in [-0.3, -0.25) is 9.59 Å². The molecular formula is C16H28Cl2N4O2S. The molecule has 25 heavy (non-hydrogen) atoms. The van der Waals surface area contributed by atoms with Gasteiger partial charge in [0.2, 0.25) is 11.8 Å². The van der Waals surface area contributed by atoms with E-state index in [1.807, 2.05) is 26.2 Å². The Hall–Kier alpha value is -0.890. The van der Waals surface area contributed by atoms with Crippen LogP contribution < -0.4 is 16.0 Å². The van der Waals surface area contributed by atoms with Crippen LogP contribution in [0.15, 0.2) is 5.38 Å². The maximum Gasteiger partial charge on any atom is 0.231 e. The molecule has 0 radical (unpaired) electrons. The molecule has 0 saturated carbocycles. The first-order valence-electron chi connectivity index (χ1n) is 8.08. The molecule has 9 heteroatoms. The number of rotatable bonds is 5. The van der Waals surface area contributed by atoms with Gasteiger partial charge in [0.15, 0.2) is 5.13 Å². The maximum atomic E-state index is 12.0. The SMILES string of the molecule is CC(C)(C)C(=O)Nc1nc(CC(=O)NCC2CCCNC2)cs1.Cl.Cl. The summed E-state index contributed by atoms with van der Waals surface area (Å²) in [6, 6.07) is 0. The van der Waals surface area contributed by atoms with Gasteiger partial charge in [0.05, 0.1) is 12.1 Å². The first kappa shape index (κ1) is 24.1. The van der Waals surface area contributed by atoms with Crippen molar-refractivity contribution in [2.45, 2.75) is 40.0 Å². The van der Waals surface area contributed by atoms with E-state index < -0.39 is 5.41 Å². The molecule has 1 atom stereocenters. The molecule has 1 aliphatic heterocycles. The maximum absolute atomic E-state index is 12.0. The second-order valence-corrected chi connectivity index (χ2v) is 7.90. The predicted molar refractivity (Wildman–Crippen MR) is 107 cm³/mol. The first-order chi connectivity index (χ1) is 10.8. The zero-order chi connectivity index (χ0) is 16.9. The normalized spacial score (nSPS) is 17.0. The van der Waals surface area contributed by atoms with Gasteiger partial charge < -0.3 is 16.0 Å². The van der Waals surface area contributed by atoms with E-state index in [4.69, 9.17) is 0 Å². The molecule has 0 bridgehead atoms. The molecule has 0 spiro atoms. The van der Waals surface area contributed by atoms with E-state index in [1.165, 1.54) is 17.8 Å². The third kappa shape index (κ3) is 8.35. The van der Waals surface area contributed by atoms with Crippen molar-refractivity contribution in [2.75, 3.05) is 25.0 Å². The molecule has 144 valence electrons. The molecule has 2 heterocycles. The van der Waals surface area contributed by atoms with Crippen molar-refractivity contribution in [1.82, 2.24) is 15.6 Å². The van der Waals surface area contributed by atoms with Crippen LogP contribution in [0.3, 0.4) is 0 Å². The van der Waals surface area contributed by atoms with Crippen molar-refractivity contribution < 1.29 is 9.59 Å². The van der Waals surface area contributed by atoms with E-state index in [0.717, 1.165) is 19.5 Å². The number of carbonyl (C=O) groups excluding carboxylic acids is 2. The number of halogens is 2. The predicted octanol–water partition coefficient (Wildman–Crippen LogP) is 2.63. The van der Waals surface area contributed by atoms with Gasteiger partial charge in [-0.15, -0.1) is 36.2 Å². The highest BCUT2D eigenvalue weighted by atomic mass is 35.5. The Kier molecular flexibility index (Phi) is 10.6. The summed E-state index contributed by atoms with van der Waals surface area (Å²) in [7, 11) is 0. The lowest BCUT2D eigenvalue weighted by Crippen LogP contribution is -2.38. The Bertz CT molecular complexity index is 555. The summed E-state index contributed by atoms with van der Waals surface area (Å²) in [5.74, 6) is 0.423. The van der Waals surface area contributed by atoms with E-state index in [2.05, 4.69) is 20.9 Å². The minimum atomic E-state index is -0.461. The highest BCUT2D eigenvalue weighted by molar-refractivity contribution is 7.13.